The van der Waals surface area contributed by atoms with Gasteiger partial charge in [-0.2, -0.15) is 0 Å². The van der Waals surface area contributed by atoms with Crippen molar-refractivity contribution in [2.45, 2.75) is 26.2 Å². The number of benzene rings is 8. The Bertz CT molecular complexity index is 2630. The van der Waals surface area contributed by atoms with Gasteiger partial charge in [0, 0.05) is 22.5 Å². The second-order valence-electron chi connectivity index (χ2n) is 15.6. The molecule has 55 heavy (non-hydrogen) atoms. The van der Waals surface area contributed by atoms with E-state index in [9.17, 15) is 0 Å². The lowest BCUT2D eigenvalue weighted by atomic mass is 9.34. The van der Waals surface area contributed by atoms with Crippen molar-refractivity contribution in [1.29, 1.82) is 0 Å². The fourth-order valence-electron chi connectivity index (χ4n) is 8.71. The standard InChI is InChI=1S/C52H40BNO/c1-52(2,3)37-33-47-50-49(34-37)55-48-32-17-15-30-45(48)53(50)44-29-14-16-31-46(44)54(47)51-42(40-25-12-10-23-38(40)35-19-6-4-7-20-35)27-18-28-43(51)41-26-13-11-24-39(41)36-21-8-5-9-22-36/h4-34H,1-3H3. The summed E-state index contributed by atoms with van der Waals surface area (Å²) in [6.07, 6.45) is 0. The number of fused-ring (bicyclic) bond motifs is 4. The van der Waals surface area contributed by atoms with Crippen molar-refractivity contribution in [2.75, 3.05) is 4.90 Å². The van der Waals surface area contributed by atoms with E-state index in [0.717, 1.165) is 22.9 Å². The summed E-state index contributed by atoms with van der Waals surface area (Å²) >= 11 is 0. The summed E-state index contributed by atoms with van der Waals surface area (Å²) < 4.78 is 6.92. The molecule has 0 aliphatic carbocycles. The highest BCUT2D eigenvalue weighted by Gasteiger charge is 2.43. The predicted octanol–water partition coefficient (Wildman–Crippen LogP) is 12.1. The monoisotopic (exact) mass is 705 g/mol. The Balaban J connectivity index is 1.35. The van der Waals surface area contributed by atoms with Crippen molar-refractivity contribution in [3.63, 3.8) is 0 Å². The highest BCUT2D eigenvalue weighted by Crippen LogP contribution is 2.51. The maximum Gasteiger partial charge on any atom is 0.256 e. The first kappa shape index (κ1) is 33.0. The van der Waals surface area contributed by atoms with Gasteiger partial charge in [-0.3, -0.25) is 0 Å². The predicted molar refractivity (Wildman–Crippen MR) is 233 cm³/mol. The number of anilines is 3. The Kier molecular flexibility index (Phi) is 7.85. The summed E-state index contributed by atoms with van der Waals surface area (Å²) in [5.41, 5.74) is 17.7. The van der Waals surface area contributed by atoms with Crippen LogP contribution in [0.25, 0.3) is 44.5 Å². The van der Waals surface area contributed by atoms with Crippen molar-refractivity contribution < 1.29 is 4.74 Å². The van der Waals surface area contributed by atoms with Gasteiger partial charge in [0.1, 0.15) is 11.5 Å². The van der Waals surface area contributed by atoms with Crippen LogP contribution in [0.2, 0.25) is 0 Å². The second-order valence-corrected chi connectivity index (χ2v) is 15.6. The Hall–Kier alpha value is -6.58. The van der Waals surface area contributed by atoms with Crippen LogP contribution in [0.15, 0.2) is 188 Å². The summed E-state index contributed by atoms with van der Waals surface area (Å²) in [4.78, 5) is 2.56. The highest BCUT2D eigenvalue weighted by atomic mass is 16.5. The summed E-state index contributed by atoms with van der Waals surface area (Å²) in [7, 11) is 0. The molecule has 0 fully saturated rings. The number of nitrogens with zero attached hydrogens (tertiary/aromatic N) is 1. The third-order valence-corrected chi connectivity index (χ3v) is 11.3. The zero-order chi connectivity index (χ0) is 37.1. The van der Waals surface area contributed by atoms with Gasteiger partial charge in [0.15, 0.2) is 0 Å². The molecule has 0 bridgehead atoms. The number of hydrogen-bond acceptors (Lipinski definition) is 2. The molecule has 8 aromatic rings. The van der Waals surface area contributed by atoms with Crippen molar-refractivity contribution in [1.82, 2.24) is 0 Å². The molecular formula is C52H40BNO. The molecule has 0 N–H and O–H groups in total. The van der Waals surface area contributed by atoms with Gasteiger partial charge in [0.05, 0.1) is 5.69 Å². The van der Waals surface area contributed by atoms with E-state index in [4.69, 9.17) is 4.74 Å². The summed E-state index contributed by atoms with van der Waals surface area (Å²) in [6, 6.07) is 68.4. The van der Waals surface area contributed by atoms with E-state index >= 15 is 0 Å². The lowest BCUT2D eigenvalue weighted by Gasteiger charge is -2.42. The lowest BCUT2D eigenvalue weighted by molar-refractivity contribution is 0.483. The van der Waals surface area contributed by atoms with Crippen LogP contribution in [0.4, 0.5) is 17.1 Å². The summed E-state index contributed by atoms with van der Waals surface area (Å²) in [5.74, 6) is 1.86. The fourth-order valence-corrected chi connectivity index (χ4v) is 8.71. The van der Waals surface area contributed by atoms with Crippen LogP contribution in [0, 0.1) is 0 Å². The molecule has 3 heteroatoms. The Morgan fingerprint density at radius 3 is 1.51 bits per heavy atom. The molecule has 0 saturated heterocycles. The van der Waals surface area contributed by atoms with Crippen LogP contribution in [-0.2, 0) is 5.41 Å². The van der Waals surface area contributed by atoms with E-state index in [1.54, 1.807) is 0 Å². The molecule has 0 radical (unpaired) electrons. The maximum absolute atomic E-state index is 6.92. The number of para-hydroxylation sites is 3. The largest absolute Gasteiger partial charge is 0.458 e. The zero-order valence-electron chi connectivity index (χ0n) is 31.3. The van der Waals surface area contributed by atoms with Gasteiger partial charge < -0.3 is 9.64 Å². The molecule has 2 heterocycles. The average Bonchev–Trinajstić information content (AvgIpc) is 3.23. The molecule has 0 spiro atoms. The fraction of sp³-hybridized carbons (Fsp3) is 0.0769. The van der Waals surface area contributed by atoms with Gasteiger partial charge in [0.2, 0.25) is 0 Å². The van der Waals surface area contributed by atoms with Gasteiger partial charge in [-0.1, -0.05) is 185 Å². The second kappa shape index (κ2) is 13.1. The van der Waals surface area contributed by atoms with Gasteiger partial charge in [-0.15, -0.1) is 0 Å². The quantitative estimate of drug-likeness (QED) is 0.165. The van der Waals surface area contributed by atoms with Gasteiger partial charge >= 0.3 is 0 Å². The van der Waals surface area contributed by atoms with Crippen LogP contribution in [0.5, 0.6) is 11.5 Å². The molecule has 0 amide bonds. The third-order valence-electron chi connectivity index (χ3n) is 11.3. The van der Waals surface area contributed by atoms with E-state index in [2.05, 4.69) is 214 Å². The molecule has 0 aromatic heterocycles. The third kappa shape index (κ3) is 5.50. The normalized spacial score (nSPS) is 12.7. The Morgan fingerprint density at radius 2 is 0.909 bits per heavy atom. The van der Waals surface area contributed by atoms with Crippen LogP contribution < -0.4 is 26.0 Å². The summed E-state index contributed by atoms with van der Waals surface area (Å²) in [6.45, 7) is 6.91. The molecule has 0 unspecified atom stereocenters. The zero-order valence-corrected chi connectivity index (χ0v) is 31.3. The number of rotatable bonds is 5. The molecular weight excluding hydrogens is 665 g/mol. The molecule has 262 valence electrons. The topological polar surface area (TPSA) is 12.5 Å². The minimum Gasteiger partial charge on any atom is -0.458 e. The van der Waals surface area contributed by atoms with Crippen molar-refractivity contribution >= 4 is 40.2 Å². The molecule has 2 aliphatic rings. The molecule has 0 saturated carbocycles. The van der Waals surface area contributed by atoms with Crippen molar-refractivity contribution in [3.05, 3.63) is 194 Å². The summed E-state index contributed by atoms with van der Waals surface area (Å²) in [5, 5.41) is 0. The Morgan fingerprint density at radius 1 is 0.418 bits per heavy atom. The van der Waals surface area contributed by atoms with Gasteiger partial charge in [-0.25, -0.2) is 0 Å². The minimum absolute atomic E-state index is 0.0280. The highest BCUT2D eigenvalue weighted by molar-refractivity contribution is 6.99. The van der Waals surface area contributed by atoms with Crippen molar-refractivity contribution in [3.8, 4) is 56.0 Å². The minimum atomic E-state index is -0.119. The molecule has 0 atom stereocenters. The van der Waals surface area contributed by atoms with E-state index < -0.39 is 0 Å². The van der Waals surface area contributed by atoms with Crippen LogP contribution >= 0.6 is 0 Å². The van der Waals surface area contributed by atoms with E-state index in [0.29, 0.717) is 0 Å². The van der Waals surface area contributed by atoms with Gasteiger partial charge in [0.25, 0.3) is 6.71 Å². The van der Waals surface area contributed by atoms with Crippen LogP contribution in [0.1, 0.15) is 26.3 Å². The molecule has 10 rings (SSSR count). The van der Waals surface area contributed by atoms with Crippen molar-refractivity contribution in [2.24, 2.45) is 0 Å². The first-order chi connectivity index (χ1) is 27.0. The smallest absolute Gasteiger partial charge is 0.256 e. The van der Waals surface area contributed by atoms with E-state index in [1.165, 1.54) is 72.1 Å². The van der Waals surface area contributed by atoms with E-state index in [1.807, 2.05) is 0 Å². The first-order valence-electron chi connectivity index (χ1n) is 19.2. The Labute approximate surface area is 324 Å². The van der Waals surface area contributed by atoms with Crippen LogP contribution in [0.3, 0.4) is 0 Å². The van der Waals surface area contributed by atoms with E-state index in [-0.39, 0.29) is 12.1 Å². The maximum atomic E-state index is 6.92. The van der Waals surface area contributed by atoms with Crippen LogP contribution in [-0.4, -0.2) is 6.71 Å². The van der Waals surface area contributed by atoms with Gasteiger partial charge in [-0.05, 0) is 85.0 Å². The molecule has 2 nitrogen and oxygen atoms in total. The number of hydrogen-bond donors (Lipinski definition) is 0. The SMILES string of the molecule is CC(C)(C)c1cc2c3c(c1)N(c1c(-c4ccccc4-c4ccccc4)cccc1-c1ccccc1-c1ccccc1)c1ccccc1B3c1ccccc1O2. The lowest BCUT2D eigenvalue weighted by Crippen LogP contribution is -2.59. The number of ether oxygens (including phenoxy) is 1. The first-order valence-corrected chi connectivity index (χ1v) is 19.2. The molecule has 8 aromatic carbocycles. The average molecular weight is 706 g/mol. The molecule has 2 aliphatic heterocycles.